The number of nitrogen functional groups attached to an aromatic ring is 1. The molecule has 0 aliphatic heterocycles. The van der Waals surface area contributed by atoms with E-state index in [-0.39, 0.29) is 17.0 Å². The second-order valence-electron chi connectivity index (χ2n) is 6.01. The van der Waals surface area contributed by atoms with Crippen molar-refractivity contribution in [2.45, 2.75) is 26.2 Å². The third kappa shape index (κ3) is 3.60. The third-order valence-electron chi connectivity index (χ3n) is 3.28. The molecule has 110 valence electrons. The van der Waals surface area contributed by atoms with E-state index in [9.17, 15) is 9.18 Å². The van der Waals surface area contributed by atoms with Crippen LogP contribution in [0, 0.1) is 5.82 Å². The zero-order chi connectivity index (χ0) is 15.6. The summed E-state index contributed by atoms with van der Waals surface area (Å²) < 4.78 is 13.2. The summed E-state index contributed by atoms with van der Waals surface area (Å²) in [5.41, 5.74) is 8.00. The van der Waals surface area contributed by atoms with E-state index < -0.39 is 5.82 Å². The Morgan fingerprint density at radius 1 is 1.10 bits per heavy atom. The highest BCUT2D eigenvalue weighted by Crippen LogP contribution is 2.23. The summed E-state index contributed by atoms with van der Waals surface area (Å²) in [5.74, 6) is -0.754. The van der Waals surface area contributed by atoms with Crippen LogP contribution in [0.5, 0.6) is 0 Å². The van der Waals surface area contributed by atoms with Crippen molar-refractivity contribution in [2.24, 2.45) is 0 Å². The fourth-order valence-corrected chi connectivity index (χ4v) is 1.95. The van der Waals surface area contributed by atoms with E-state index in [0.717, 1.165) is 5.56 Å². The third-order valence-corrected chi connectivity index (χ3v) is 3.28. The SMILES string of the molecule is CC(C)(C)c1ccc(C(=O)Nc2cc(F)ccc2N)cc1. The highest BCUT2D eigenvalue weighted by Gasteiger charge is 2.14. The minimum absolute atomic E-state index is 0.0298. The molecule has 1 amide bonds. The van der Waals surface area contributed by atoms with Crippen molar-refractivity contribution in [3.63, 3.8) is 0 Å². The largest absolute Gasteiger partial charge is 0.397 e. The smallest absolute Gasteiger partial charge is 0.255 e. The molecule has 0 fully saturated rings. The molecular weight excluding hydrogens is 267 g/mol. The van der Waals surface area contributed by atoms with E-state index in [4.69, 9.17) is 5.73 Å². The van der Waals surface area contributed by atoms with Gasteiger partial charge in [-0.1, -0.05) is 32.9 Å². The molecule has 0 aromatic heterocycles. The number of hydrogen-bond donors (Lipinski definition) is 2. The molecule has 0 saturated carbocycles. The van der Waals surface area contributed by atoms with Gasteiger partial charge >= 0.3 is 0 Å². The molecular formula is C17H19FN2O. The molecule has 3 N–H and O–H groups in total. The molecule has 0 saturated heterocycles. The molecule has 2 rings (SSSR count). The van der Waals surface area contributed by atoms with Gasteiger partial charge in [-0.2, -0.15) is 0 Å². The van der Waals surface area contributed by atoms with E-state index >= 15 is 0 Å². The normalized spacial score (nSPS) is 11.2. The maximum atomic E-state index is 13.2. The fourth-order valence-electron chi connectivity index (χ4n) is 1.95. The van der Waals surface area contributed by atoms with E-state index in [1.54, 1.807) is 12.1 Å². The Hall–Kier alpha value is -2.36. The lowest BCUT2D eigenvalue weighted by atomic mass is 9.87. The van der Waals surface area contributed by atoms with Gasteiger partial charge in [-0.3, -0.25) is 4.79 Å². The lowest BCUT2D eigenvalue weighted by Crippen LogP contribution is -2.15. The van der Waals surface area contributed by atoms with Crippen LogP contribution in [0.15, 0.2) is 42.5 Å². The zero-order valence-electron chi connectivity index (χ0n) is 12.4. The lowest BCUT2D eigenvalue weighted by Gasteiger charge is -2.19. The van der Waals surface area contributed by atoms with Crippen LogP contribution in [-0.4, -0.2) is 5.91 Å². The van der Waals surface area contributed by atoms with Crippen molar-refractivity contribution in [3.05, 3.63) is 59.4 Å². The van der Waals surface area contributed by atoms with Crippen molar-refractivity contribution >= 4 is 17.3 Å². The fraction of sp³-hybridized carbons (Fsp3) is 0.235. The molecule has 0 aliphatic rings. The highest BCUT2D eigenvalue weighted by atomic mass is 19.1. The Morgan fingerprint density at radius 3 is 2.29 bits per heavy atom. The predicted molar refractivity (Wildman–Crippen MR) is 83.9 cm³/mol. The van der Waals surface area contributed by atoms with Crippen LogP contribution in [-0.2, 0) is 5.41 Å². The first-order chi connectivity index (χ1) is 9.77. The van der Waals surface area contributed by atoms with E-state index in [2.05, 4.69) is 26.1 Å². The van der Waals surface area contributed by atoms with Gasteiger partial charge in [0, 0.05) is 5.56 Å². The number of rotatable bonds is 2. The van der Waals surface area contributed by atoms with Crippen molar-refractivity contribution in [1.82, 2.24) is 0 Å². The molecule has 2 aromatic rings. The van der Waals surface area contributed by atoms with Crippen molar-refractivity contribution in [2.75, 3.05) is 11.1 Å². The number of halogens is 1. The van der Waals surface area contributed by atoms with Crippen molar-refractivity contribution < 1.29 is 9.18 Å². The first-order valence-corrected chi connectivity index (χ1v) is 6.74. The molecule has 4 heteroatoms. The number of carbonyl (C=O) groups excluding carboxylic acids is 1. The number of anilines is 2. The number of carbonyl (C=O) groups is 1. The Morgan fingerprint density at radius 2 is 1.71 bits per heavy atom. The monoisotopic (exact) mass is 286 g/mol. The average Bonchev–Trinajstić information content (AvgIpc) is 2.42. The molecule has 0 unspecified atom stereocenters. The Labute approximate surface area is 124 Å². The number of nitrogens with one attached hydrogen (secondary N) is 1. The predicted octanol–water partition coefficient (Wildman–Crippen LogP) is 3.96. The summed E-state index contributed by atoms with van der Waals surface area (Å²) in [6.45, 7) is 6.32. The molecule has 0 aliphatic carbocycles. The second kappa shape index (κ2) is 5.56. The molecule has 3 nitrogen and oxygen atoms in total. The van der Waals surface area contributed by atoms with Gasteiger partial charge in [-0.25, -0.2) is 4.39 Å². The van der Waals surface area contributed by atoms with Crippen LogP contribution in [0.25, 0.3) is 0 Å². The Balaban J connectivity index is 2.19. The minimum Gasteiger partial charge on any atom is -0.397 e. The van der Waals surface area contributed by atoms with Gasteiger partial charge in [0.25, 0.3) is 5.91 Å². The number of benzene rings is 2. The quantitative estimate of drug-likeness (QED) is 0.821. The van der Waals surface area contributed by atoms with Crippen LogP contribution < -0.4 is 11.1 Å². The summed E-state index contributed by atoms with van der Waals surface area (Å²) >= 11 is 0. The molecule has 0 radical (unpaired) electrons. The van der Waals surface area contributed by atoms with E-state index in [0.29, 0.717) is 11.3 Å². The van der Waals surface area contributed by atoms with Gasteiger partial charge in [0.2, 0.25) is 0 Å². The molecule has 0 heterocycles. The van der Waals surface area contributed by atoms with Gasteiger partial charge < -0.3 is 11.1 Å². The summed E-state index contributed by atoms with van der Waals surface area (Å²) in [5, 5.41) is 2.62. The number of amides is 1. The van der Waals surface area contributed by atoms with Crippen LogP contribution in [0.1, 0.15) is 36.7 Å². The summed E-state index contributed by atoms with van der Waals surface area (Å²) in [6, 6.07) is 11.2. The first kappa shape index (κ1) is 15.0. The maximum absolute atomic E-state index is 13.2. The molecule has 0 atom stereocenters. The molecule has 21 heavy (non-hydrogen) atoms. The maximum Gasteiger partial charge on any atom is 0.255 e. The van der Waals surface area contributed by atoms with Gasteiger partial charge in [0.1, 0.15) is 5.82 Å². The van der Waals surface area contributed by atoms with Crippen LogP contribution in [0.2, 0.25) is 0 Å². The minimum atomic E-state index is -0.442. The molecule has 0 bridgehead atoms. The second-order valence-corrected chi connectivity index (χ2v) is 6.01. The van der Waals surface area contributed by atoms with Crippen LogP contribution in [0.3, 0.4) is 0 Å². The van der Waals surface area contributed by atoms with Crippen molar-refractivity contribution in [1.29, 1.82) is 0 Å². The average molecular weight is 286 g/mol. The van der Waals surface area contributed by atoms with Crippen molar-refractivity contribution in [3.8, 4) is 0 Å². The van der Waals surface area contributed by atoms with Crippen LogP contribution >= 0.6 is 0 Å². The van der Waals surface area contributed by atoms with Gasteiger partial charge in [-0.05, 0) is 41.3 Å². The number of hydrogen-bond acceptors (Lipinski definition) is 2. The summed E-state index contributed by atoms with van der Waals surface area (Å²) in [7, 11) is 0. The van der Waals surface area contributed by atoms with E-state index in [1.807, 2.05) is 12.1 Å². The van der Waals surface area contributed by atoms with Gasteiger partial charge in [0.15, 0.2) is 0 Å². The van der Waals surface area contributed by atoms with Gasteiger partial charge in [0.05, 0.1) is 11.4 Å². The topological polar surface area (TPSA) is 55.1 Å². The molecule has 2 aromatic carbocycles. The highest BCUT2D eigenvalue weighted by molar-refractivity contribution is 6.05. The number of nitrogens with two attached hydrogens (primary N) is 1. The van der Waals surface area contributed by atoms with Gasteiger partial charge in [-0.15, -0.1) is 0 Å². The zero-order valence-corrected chi connectivity index (χ0v) is 12.4. The first-order valence-electron chi connectivity index (χ1n) is 6.74. The van der Waals surface area contributed by atoms with Crippen LogP contribution in [0.4, 0.5) is 15.8 Å². The molecule has 0 spiro atoms. The Kier molecular flexibility index (Phi) is 3.98. The van der Waals surface area contributed by atoms with E-state index in [1.165, 1.54) is 18.2 Å². The standard InChI is InChI=1S/C17H19FN2O/c1-17(2,3)12-6-4-11(5-7-12)16(21)20-15-10-13(18)8-9-14(15)19/h4-10H,19H2,1-3H3,(H,20,21). The Bertz CT molecular complexity index is 657. The summed E-state index contributed by atoms with van der Waals surface area (Å²) in [4.78, 5) is 12.1. The summed E-state index contributed by atoms with van der Waals surface area (Å²) in [6.07, 6.45) is 0. The lowest BCUT2D eigenvalue weighted by molar-refractivity contribution is 0.102.